The lowest BCUT2D eigenvalue weighted by molar-refractivity contribution is 0.415. The van der Waals surface area contributed by atoms with E-state index in [-0.39, 0.29) is 0 Å². The zero-order chi connectivity index (χ0) is 13.8. The highest BCUT2D eigenvalue weighted by molar-refractivity contribution is 5.66. The summed E-state index contributed by atoms with van der Waals surface area (Å²) in [5.41, 5.74) is 7.85. The molecule has 2 N–H and O–H groups in total. The molecule has 0 aliphatic carbocycles. The van der Waals surface area contributed by atoms with Crippen LogP contribution in [-0.4, -0.2) is 24.1 Å². The lowest BCUT2D eigenvalue weighted by Crippen LogP contribution is -2.15. The van der Waals surface area contributed by atoms with Crippen molar-refractivity contribution in [2.75, 3.05) is 24.8 Å². The minimum atomic E-state index is 0.530. The molecule has 0 radical (unpaired) electrons. The van der Waals surface area contributed by atoms with Gasteiger partial charge in [0.2, 0.25) is 0 Å². The first kappa shape index (κ1) is 13.1. The molecule has 1 aromatic heterocycles. The fourth-order valence-corrected chi connectivity index (χ4v) is 1.99. The molecule has 0 amide bonds. The van der Waals surface area contributed by atoms with Crippen molar-refractivity contribution in [3.63, 3.8) is 0 Å². The van der Waals surface area contributed by atoms with E-state index >= 15 is 0 Å². The number of hydrogen-bond acceptors (Lipinski definition) is 5. The van der Waals surface area contributed by atoms with Crippen LogP contribution >= 0.6 is 0 Å². The highest BCUT2D eigenvalue weighted by atomic mass is 16.5. The molecule has 2 rings (SSSR count). The second-order valence-corrected chi connectivity index (χ2v) is 4.18. The molecule has 1 heterocycles. The molecule has 1 aromatic carbocycles. The Morgan fingerprint density at radius 2 is 2.11 bits per heavy atom. The molecule has 5 nitrogen and oxygen atoms in total. The van der Waals surface area contributed by atoms with Crippen LogP contribution in [0.4, 0.5) is 17.3 Å². The molecule has 0 aliphatic heterocycles. The third-order valence-electron chi connectivity index (χ3n) is 3.07. The minimum absolute atomic E-state index is 0.530. The molecule has 2 aromatic rings. The Morgan fingerprint density at radius 1 is 1.32 bits per heavy atom. The van der Waals surface area contributed by atoms with E-state index in [1.54, 1.807) is 7.11 Å². The Bertz CT molecular complexity index is 571. The number of nitrogens with zero attached hydrogens (tertiary/aromatic N) is 3. The number of nitrogens with two attached hydrogens (primary N) is 1. The molecule has 0 aliphatic rings. The first-order valence-corrected chi connectivity index (χ1v) is 6.14. The van der Waals surface area contributed by atoms with Gasteiger partial charge >= 0.3 is 0 Å². The summed E-state index contributed by atoms with van der Waals surface area (Å²) in [4.78, 5) is 10.4. The molecule has 100 valence electrons. The van der Waals surface area contributed by atoms with E-state index in [1.165, 1.54) is 6.33 Å². The van der Waals surface area contributed by atoms with Crippen LogP contribution in [0.2, 0.25) is 0 Å². The summed E-state index contributed by atoms with van der Waals surface area (Å²) in [5, 5.41) is 0. The Labute approximate surface area is 113 Å². The van der Waals surface area contributed by atoms with Gasteiger partial charge in [0, 0.05) is 24.4 Å². The monoisotopic (exact) mass is 258 g/mol. The average Bonchev–Trinajstić information content (AvgIpc) is 2.46. The zero-order valence-corrected chi connectivity index (χ0v) is 11.4. The van der Waals surface area contributed by atoms with Gasteiger partial charge in [-0.1, -0.05) is 13.0 Å². The maximum Gasteiger partial charge on any atom is 0.141 e. The number of nitrogen functional groups attached to an aromatic ring is 1. The van der Waals surface area contributed by atoms with Gasteiger partial charge in [-0.2, -0.15) is 0 Å². The average molecular weight is 258 g/mol. The predicted octanol–water partition coefficient (Wildman–Crippen LogP) is 2.40. The maximum atomic E-state index is 5.90. The molecule has 0 saturated heterocycles. The zero-order valence-electron chi connectivity index (χ0n) is 11.4. The van der Waals surface area contributed by atoms with Crippen molar-refractivity contribution in [1.29, 1.82) is 0 Å². The largest absolute Gasteiger partial charge is 0.497 e. The van der Waals surface area contributed by atoms with Gasteiger partial charge in [0.25, 0.3) is 0 Å². The molecule has 0 saturated carbocycles. The van der Waals surface area contributed by atoms with Crippen LogP contribution in [0.5, 0.6) is 5.75 Å². The highest BCUT2D eigenvalue weighted by Gasteiger charge is 2.13. The second-order valence-electron chi connectivity index (χ2n) is 4.18. The van der Waals surface area contributed by atoms with Gasteiger partial charge in [-0.15, -0.1) is 0 Å². The Kier molecular flexibility index (Phi) is 3.85. The van der Waals surface area contributed by atoms with Gasteiger partial charge in [0.05, 0.1) is 7.11 Å². The van der Waals surface area contributed by atoms with Gasteiger partial charge < -0.3 is 15.4 Å². The standard InChI is InChI=1S/C14H18N4O/c1-4-12-13(15)16-9-17-14(12)18(2)10-6-5-7-11(8-10)19-3/h5-9H,4H2,1-3H3,(H2,15,16,17). The molecule has 5 heteroatoms. The fraction of sp³-hybridized carbons (Fsp3) is 0.286. The van der Waals surface area contributed by atoms with Crippen molar-refractivity contribution in [3.05, 3.63) is 36.2 Å². The topological polar surface area (TPSA) is 64.3 Å². The van der Waals surface area contributed by atoms with E-state index in [2.05, 4.69) is 9.97 Å². The van der Waals surface area contributed by atoms with Crippen molar-refractivity contribution in [2.24, 2.45) is 0 Å². The summed E-state index contributed by atoms with van der Waals surface area (Å²) < 4.78 is 5.24. The molecular weight excluding hydrogens is 240 g/mol. The van der Waals surface area contributed by atoms with Gasteiger partial charge in [-0.05, 0) is 18.6 Å². The van der Waals surface area contributed by atoms with E-state index in [0.29, 0.717) is 5.82 Å². The Hall–Kier alpha value is -2.30. The molecule has 0 fully saturated rings. The second kappa shape index (κ2) is 5.56. The summed E-state index contributed by atoms with van der Waals surface area (Å²) in [7, 11) is 3.61. The summed E-state index contributed by atoms with van der Waals surface area (Å²) in [6, 6.07) is 7.81. The number of hydrogen-bond donors (Lipinski definition) is 1. The van der Waals surface area contributed by atoms with Crippen LogP contribution in [0.3, 0.4) is 0 Å². The Balaban J connectivity index is 2.43. The van der Waals surface area contributed by atoms with Crippen molar-refractivity contribution in [3.8, 4) is 5.75 Å². The van der Waals surface area contributed by atoms with Crippen LogP contribution in [-0.2, 0) is 6.42 Å². The first-order valence-electron chi connectivity index (χ1n) is 6.14. The van der Waals surface area contributed by atoms with Crippen LogP contribution in [0.15, 0.2) is 30.6 Å². The first-order chi connectivity index (χ1) is 9.17. The number of ether oxygens (including phenoxy) is 1. The van der Waals surface area contributed by atoms with E-state index < -0.39 is 0 Å². The number of anilines is 3. The van der Waals surface area contributed by atoms with Gasteiger partial charge in [0.1, 0.15) is 23.7 Å². The van der Waals surface area contributed by atoms with E-state index in [1.807, 2.05) is 43.1 Å². The fourth-order valence-electron chi connectivity index (χ4n) is 1.99. The maximum absolute atomic E-state index is 5.90. The summed E-state index contributed by atoms with van der Waals surface area (Å²) in [5.74, 6) is 2.16. The molecule has 0 spiro atoms. The van der Waals surface area contributed by atoms with Gasteiger partial charge in [-0.25, -0.2) is 9.97 Å². The summed E-state index contributed by atoms with van der Waals surface area (Å²) in [6.45, 7) is 2.04. The van der Waals surface area contributed by atoms with Crippen LogP contribution in [0.25, 0.3) is 0 Å². The molecule has 0 unspecified atom stereocenters. The highest BCUT2D eigenvalue weighted by Crippen LogP contribution is 2.29. The minimum Gasteiger partial charge on any atom is -0.497 e. The predicted molar refractivity (Wildman–Crippen MR) is 76.9 cm³/mol. The van der Waals surface area contributed by atoms with E-state index in [0.717, 1.165) is 29.2 Å². The van der Waals surface area contributed by atoms with Gasteiger partial charge in [0.15, 0.2) is 0 Å². The van der Waals surface area contributed by atoms with Crippen molar-refractivity contribution < 1.29 is 4.74 Å². The van der Waals surface area contributed by atoms with Crippen LogP contribution in [0.1, 0.15) is 12.5 Å². The van der Waals surface area contributed by atoms with Crippen molar-refractivity contribution in [2.45, 2.75) is 13.3 Å². The lowest BCUT2D eigenvalue weighted by atomic mass is 10.2. The summed E-state index contributed by atoms with van der Waals surface area (Å²) in [6.07, 6.45) is 2.27. The number of aromatic nitrogens is 2. The number of rotatable bonds is 4. The third kappa shape index (κ3) is 2.59. The quantitative estimate of drug-likeness (QED) is 0.912. The molecule has 19 heavy (non-hydrogen) atoms. The normalized spacial score (nSPS) is 10.3. The molecule has 0 atom stereocenters. The molecular formula is C14H18N4O. The smallest absolute Gasteiger partial charge is 0.141 e. The van der Waals surface area contributed by atoms with Crippen molar-refractivity contribution >= 4 is 17.3 Å². The Morgan fingerprint density at radius 3 is 2.79 bits per heavy atom. The number of methoxy groups -OCH3 is 1. The van der Waals surface area contributed by atoms with Crippen molar-refractivity contribution in [1.82, 2.24) is 9.97 Å². The SMILES string of the molecule is CCc1c(N)ncnc1N(C)c1cccc(OC)c1. The number of benzene rings is 1. The van der Waals surface area contributed by atoms with Gasteiger partial charge in [-0.3, -0.25) is 0 Å². The molecule has 0 bridgehead atoms. The van der Waals surface area contributed by atoms with E-state index in [9.17, 15) is 0 Å². The lowest BCUT2D eigenvalue weighted by Gasteiger charge is -2.21. The summed E-state index contributed by atoms with van der Waals surface area (Å²) >= 11 is 0. The van der Waals surface area contributed by atoms with E-state index in [4.69, 9.17) is 10.5 Å². The third-order valence-corrected chi connectivity index (χ3v) is 3.07. The van der Waals surface area contributed by atoms with Crippen LogP contribution in [0, 0.1) is 0 Å². The van der Waals surface area contributed by atoms with Crippen LogP contribution < -0.4 is 15.4 Å².